The number of methoxy groups -OCH3 is 1. The minimum atomic E-state index is 0.0385. The van der Waals surface area contributed by atoms with E-state index in [-0.39, 0.29) is 11.8 Å². The van der Waals surface area contributed by atoms with Crippen molar-refractivity contribution < 1.29 is 14.1 Å². The van der Waals surface area contributed by atoms with E-state index < -0.39 is 0 Å². The molecule has 1 aromatic heterocycles. The molecule has 122 valence electrons. The van der Waals surface area contributed by atoms with Crippen molar-refractivity contribution in [2.24, 2.45) is 0 Å². The summed E-state index contributed by atoms with van der Waals surface area (Å²) in [4.78, 5) is 18.9. The van der Waals surface area contributed by atoms with Crippen LogP contribution in [-0.2, 0) is 6.42 Å². The van der Waals surface area contributed by atoms with Crippen molar-refractivity contribution in [1.82, 2.24) is 15.0 Å². The van der Waals surface area contributed by atoms with Crippen LogP contribution in [0.1, 0.15) is 47.8 Å². The zero-order valence-electron chi connectivity index (χ0n) is 13.5. The number of carbonyl (C=O) groups is 1. The predicted octanol–water partition coefficient (Wildman–Crippen LogP) is 2.66. The van der Waals surface area contributed by atoms with E-state index in [0.717, 1.165) is 31.6 Å². The first-order valence-corrected chi connectivity index (χ1v) is 7.97. The molecule has 1 saturated heterocycles. The summed E-state index contributed by atoms with van der Waals surface area (Å²) in [6, 6.07) is 7.21. The van der Waals surface area contributed by atoms with Gasteiger partial charge >= 0.3 is 0 Å². The second-order valence-corrected chi connectivity index (χ2v) is 5.72. The molecule has 1 aromatic carbocycles. The number of likely N-dealkylation sites (tertiary alicyclic amines) is 1. The first-order valence-electron chi connectivity index (χ1n) is 7.97. The Balaban J connectivity index is 1.70. The average molecular weight is 315 g/mol. The van der Waals surface area contributed by atoms with Crippen LogP contribution in [0.4, 0.5) is 0 Å². The van der Waals surface area contributed by atoms with Crippen LogP contribution in [0, 0.1) is 0 Å². The van der Waals surface area contributed by atoms with Gasteiger partial charge < -0.3 is 14.2 Å². The van der Waals surface area contributed by atoms with Crippen LogP contribution in [0.5, 0.6) is 5.75 Å². The fraction of sp³-hybridized carbons (Fsp3) is 0.471. The zero-order chi connectivity index (χ0) is 16.2. The molecule has 1 fully saturated rings. The Morgan fingerprint density at radius 1 is 1.39 bits per heavy atom. The molecular formula is C17H21N3O3. The van der Waals surface area contributed by atoms with Crippen molar-refractivity contribution in [3.05, 3.63) is 41.5 Å². The van der Waals surface area contributed by atoms with E-state index in [1.807, 2.05) is 11.8 Å². The maximum atomic E-state index is 12.7. The summed E-state index contributed by atoms with van der Waals surface area (Å²) in [6.45, 7) is 3.38. The number of carbonyl (C=O) groups excluding carboxylic acids is 1. The Hall–Kier alpha value is -2.37. The lowest BCUT2D eigenvalue weighted by molar-refractivity contribution is 0.0703. The highest BCUT2D eigenvalue weighted by Crippen LogP contribution is 2.26. The van der Waals surface area contributed by atoms with Crippen molar-refractivity contribution in [1.29, 1.82) is 0 Å². The molecule has 0 saturated carbocycles. The quantitative estimate of drug-likeness (QED) is 0.867. The molecule has 0 bridgehead atoms. The van der Waals surface area contributed by atoms with E-state index in [9.17, 15) is 4.79 Å². The standard InChI is InChI=1S/C17H21N3O3/c1-3-15-18-16(19-23-15)13-5-4-10-20(11-13)17(21)12-6-8-14(22-2)9-7-12/h6-9,13H,3-5,10-11H2,1-2H3/t13-/m1/s1. The average Bonchev–Trinajstić information content (AvgIpc) is 3.10. The lowest BCUT2D eigenvalue weighted by Crippen LogP contribution is -2.39. The van der Waals surface area contributed by atoms with Gasteiger partial charge in [-0.3, -0.25) is 4.79 Å². The molecule has 0 spiro atoms. The molecule has 0 aliphatic carbocycles. The van der Waals surface area contributed by atoms with Gasteiger partial charge in [0.05, 0.1) is 7.11 Å². The molecule has 1 atom stereocenters. The molecule has 6 heteroatoms. The number of benzene rings is 1. The fourth-order valence-corrected chi connectivity index (χ4v) is 2.87. The van der Waals surface area contributed by atoms with E-state index >= 15 is 0 Å². The Morgan fingerprint density at radius 2 is 2.17 bits per heavy atom. The number of amides is 1. The second kappa shape index (κ2) is 6.81. The Labute approximate surface area is 135 Å². The lowest BCUT2D eigenvalue weighted by Gasteiger charge is -2.31. The molecule has 1 amide bonds. The monoisotopic (exact) mass is 315 g/mol. The summed E-state index contributed by atoms with van der Waals surface area (Å²) >= 11 is 0. The highest BCUT2D eigenvalue weighted by atomic mass is 16.5. The predicted molar refractivity (Wildman–Crippen MR) is 84.5 cm³/mol. The minimum Gasteiger partial charge on any atom is -0.497 e. The first-order chi connectivity index (χ1) is 11.2. The summed E-state index contributed by atoms with van der Waals surface area (Å²) in [5, 5.41) is 4.06. The van der Waals surface area contributed by atoms with Crippen LogP contribution in [0.25, 0.3) is 0 Å². The van der Waals surface area contributed by atoms with Gasteiger partial charge in [0.15, 0.2) is 5.82 Å². The Morgan fingerprint density at radius 3 is 2.83 bits per heavy atom. The number of hydrogen-bond donors (Lipinski definition) is 0. The minimum absolute atomic E-state index is 0.0385. The molecule has 3 rings (SSSR count). The van der Waals surface area contributed by atoms with Crippen molar-refractivity contribution >= 4 is 5.91 Å². The largest absolute Gasteiger partial charge is 0.497 e. The number of aromatic nitrogens is 2. The van der Waals surface area contributed by atoms with E-state index in [0.29, 0.717) is 23.8 Å². The van der Waals surface area contributed by atoms with E-state index in [1.54, 1.807) is 31.4 Å². The van der Waals surface area contributed by atoms with Gasteiger partial charge in [0.25, 0.3) is 5.91 Å². The van der Waals surface area contributed by atoms with Crippen LogP contribution in [0.3, 0.4) is 0 Å². The highest BCUT2D eigenvalue weighted by Gasteiger charge is 2.28. The van der Waals surface area contributed by atoms with Crippen LogP contribution in [-0.4, -0.2) is 41.1 Å². The van der Waals surface area contributed by atoms with Crippen LogP contribution < -0.4 is 4.74 Å². The van der Waals surface area contributed by atoms with Crippen molar-refractivity contribution in [2.45, 2.75) is 32.1 Å². The SMILES string of the molecule is CCc1nc([C@@H]2CCCN(C(=O)c3ccc(OC)cc3)C2)no1. The summed E-state index contributed by atoms with van der Waals surface area (Å²) in [5.41, 5.74) is 0.675. The number of rotatable bonds is 4. The van der Waals surface area contributed by atoms with Gasteiger partial charge in [-0.25, -0.2) is 0 Å². The third-order valence-corrected chi connectivity index (χ3v) is 4.20. The van der Waals surface area contributed by atoms with Gasteiger partial charge in [-0.15, -0.1) is 0 Å². The van der Waals surface area contributed by atoms with Gasteiger partial charge in [-0.05, 0) is 37.1 Å². The molecule has 23 heavy (non-hydrogen) atoms. The molecule has 2 heterocycles. The number of aryl methyl sites for hydroxylation is 1. The smallest absolute Gasteiger partial charge is 0.253 e. The number of nitrogens with zero attached hydrogens (tertiary/aromatic N) is 3. The summed E-state index contributed by atoms with van der Waals surface area (Å²) < 4.78 is 10.3. The topological polar surface area (TPSA) is 68.5 Å². The van der Waals surface area contributed by atoms with Gasteiger partial charge in [0.2, 0.25) is 5.89 Å². The highest BCUT2D eigenvalue weighted by molar-refractivity contribution is 5.94. The summed E-state index contributed by atoms with van der Waals surface area (Å²) in [5.74, 6) is 2.30. The third-order valence-electron chi connectivity index (χ3n) is 4.20. The van der Waals surface area contributed by atoms with Gasteiger partial charge in [-0.2, -0.15) is 4.98 Å². The van der Waals surface area contributed by atoms with E-state index in [4.69, 9.17) is 9.26 Å². The lowest BCUT2D eigenvalue weighted by atomic mass is 9.96. The maximum Gasteiger partial charge on any atom is 0.253 e. The van der Waals surface area contributed by atoms with Crippen molar-refractivity contribution in [2.75, 3.05) is 20.2 Å². The van der Waals surface area contributed by atoms with Gasteiger partial charge in [-0.1, -0.05) is 12.1 Å². The zero-order valence-corrected chi connectivity index (χ0v) is 13.5. The second-order valence-electron chi connectivity index (χ2n) is 5.72. The van der Waals surface area contributed by atoms with Crippen molar-refractivity contribution in [3.63, 3.8) is 0 Å². The summed E-state index contributed by atoms with van der Waals surface area (Å²) in [6.07, 6.45) is 2.66. The first kappa shape index (κ1) is 15.5. The Bertz CT molecular complexity index is 666. The molecule has 0 N–H and O–H groups in total. The number of piperidine rings is 1. The van der Waals surface area contributed by atoms with Crippen LogP contribution >= 0.6 is 0 Å². The molecular weight excluding hydrogens is 294 g/mol. The molecule has 1 aliphatic heterocycles. The van der Waals surface area contributed by atoms with Gasteiger partial charge in [0, 0.05) is 31.0 Å². The van der Waals surface area contributed by atoms with Gasteiger partial charge in [0.1, 0.15) is 5.75 Å². The fourth-order valence-electron chi connectivity index (χ4n) is 2.87. The van der Waals surface area contributed by atoms with E-state index in [1.165, 1.54) is 0 Å². The van der Waals surface area contributed by atoms with E-state index in [2.05, 4.69) is 10.1 Å². The summed E-state index contributed by atoms with van der Waals surface area (Å²) in [7, 11) is 1.61. The third kappa shape index (κ3) is 3.36. The molecule has 0 radical (unpaired) electrons. The molecule has 2 aromatic rings. The van der Waals surface area contributed by atoms with Crippen LogP contribution in [0.15, 0.2) is 28.8 Å². The molecule has 0 unspecified atom stereocenters. The Kier molecular flexibility index (Phi) is 4.60. The number of hydrogen-bond acceptors (Lipinski definition) is 5. The normalized spacial score (nSPS) is 18.0. The molecule has 6 nitrogen and oxygen atoms in total. The molecule has 1 aliphatic rings. The maximum absolute atomic E-state index is 12.7. The van der Waals surface area contributed by atoms with Crippen molar-refractivity contribution in [3.8, 4) is 5.75 Å². The number of ether oxygens (including phenoxy) is 1. The van der Waals surface area contributed by atoms with Crippen LogP contribution in [0.2, 0.25) is 0 Å².